The van der Waals surface area contributed by atoms with Gasteiger partial charge in [-0.1, -0.05) is 53.7 Å². The maximum Gasteiger partial charge on any atom is 0.105 e. The number of hydrogen-bond donors (Lipinski definition) is 1. The molecule has 0 bridgehead atoms. The molecule has 1 atom stereocenters. The van der Waals surface area contributed by atoms with E-state index in [0.717, 1.165) is 5.69 Å². The zero-order valence-corrected chi connectivity index (χ0v) is 11.8. The van der Waals surface area contributed by atoms with Crippen LogP contribution in [0.2, 0.25) is 0 Å². The van der Waals surface area contributed by atoms with Crippen LogP contribution < -0.4 is 5.73 Å². The van der Waals surface area contributed by atoms with E-state index in [4.69, 9.17) is 5.73 Å². The Morgan fingerprint density at radius 2 is 1.57 bits per heavy atom. The maximum atomic E-state index is 5.90. The van der Waals surface area contributed by atoms with E-state index < -0.39 is 0 Å². The molecule has 0 spiro atoms. The first kappa shape index (κ1) is 12.3. The molecule has 21 heavy (non-hydrogen) atoms. The van der Waals surface area contributed by atoms with E-state index >= 15 is 0 Å². The number of aromatic nitrogens is 3. The van der Waals surface area contributed by atoms with Gasteiger partial charge in [-0.05, 0) is 29.2 Å². The smallest absolute Gasteiger partial charge is 0.105 e. The van der Waals surface area contributed by atoms with Crippen LogP contribution in [0.3, 0.4) is 0 Å². The molecule has 104 valence electrons. The van der Waals surface area contributed by atoms with Gasteiger partial charge < -0.3 is 5.73 Å². The molecule has 2 aromatic carbocycles. The van der Waals surface area contributed by atoms with Gasteiger partial charge in [-0.2, -0.15) is 0 Å². The van der Waals surface area contributed by atoms with Crippen LogP contribution in [-0.2, 0) is 0 Å². The molecule has 0 saturated carbocycles. The summed E-state index contributed by atoms with van der Waals surface area (Å²) in [7, 11) is 0. The van der Waals surface area contributed by atoms with Crippen LogP contribution in [0, 0.1) is 0 Å². The quantitative estimate of drug-likeness (QED) is 0.612. The summed E-state index contributed by atoms with van der Waals surface area (Å²) in [6.07, 6.45) is 1.95. The Balaban J connectivity index is 1.92. The van der Waals surface area contributed by atoms with E-state index in [9.17, 15) is 0 Å². The Morgan fingerprint density at radius 3 is 2.10 bits per heavy atom. The lowest BCUT2D eigenvalue weighted by Crippen LogP contribution is -2.10. The van der Waals surface area contributed by atoms with Gasteiger partial charge in [0.05, 0.1) is 11.9 Å². The topological polar surface area (TPSA) is 56.7 Å². The van der Waals surface area contributed by atoms with E-state index in [2.05, 4.69) is 58.8 Å². The summed E-state index contributed by atoms with van der Waals surface area (Å²) in [4.78, 5) is 0. The van der Waals surface area contributed by atoms with E-state index in [1.54, 1.807) is 0 Å². The van der Waals surface area contributed by atoms with Gasteiger partial charge in [0.15, 0.2) is 0 Å². The van der Waals surface area contributed by atoms with Gasteiger partial charge >= 0.3 is 0 Å². The van der Waals surface area contributed by atoms with Crippen molar-refractivity contribution >= 4 is 0 Å². The lowest BCUT2D eigenvalue weighted by molar-refractivity contribution is 0.580. The summed E-state index contributed by atoms with van der Waals surface area (Å²) in [5.41, 5.74) is 11.8. The second-order valence-corrected chi connectivity index (χ2v) is 5.49. The van der Waals surface area contributed by atoms with Gasteiger partial charge in [0, 0.05) is 6.04 Å². The van der Waals surface area contributed by atoms with Crippen LogP contribution in [0.5, 0.6) is 0 Å². The highest BCUT2D eigenvalue weighted by molar-refractivity contribution is 5.78. The van der Waals surface area contributed by atoms with Crippen molar-refractivity contribution in [3.05, 3.63) is 71.5 Å². The molecule has 1 heterocycles. The van der Waals surface area contributed by atoms with Gasteiger partial charge in [-0.25, -0.2) is 4.68 Å². The van der Waals surface area contributed by atoms with Gasteiger partial charge in [0.25, 0.3) is 0 Å². The molecular formula is C17H16N4. The van der Waals surface area contributed by atoms with Crippen molar-refractivity contribution in [2.24, 2.45) is 5.73 Å². The lowest BCUT2D eigenvalue weighted by Gasteiger charge is -2.13. The monoisotopic (exact) mass is 276 g/mol. The average Bonchev–Trinajstić information content (AvgIpc) is 3.09. The van der Waals surface area contributed by atoms with Crippen molar-refractivity contribution in [1.29, 1.82) is 0 Å². The summed E-state index contributed by atoms with van der Waals surface area (Å²) in [6.45, 7) is 1.92. The standard InChI is InChI=1S/C17H16N4/c1-11(18)16-10-21(20-19-16)17-14-8-4-2-6-12(14)13-7-3-5-9-15(13)17/h2-11,17H,18H2,1H3. The minimum absolute atomic E-state index is 0.0809. The number of fused-ring (bicyclic) bond motifs is 3. The summed E-state index contributed by atoms with van der Waals surface area (Å²) >= 11 is 0. The fourth-order valence-corrected chi connectivity index (χ4v) is 3.04. The van der Waals surface area contributed by atoms with E-state index in [1.807, 2.05) is 17.8 Å². The molecule has 1 aliphatic rings. The van der Waals surface area contributed by atoms with Crippen LogP contribution in [0.15, 0.2) is 54.7 Å². The minimum atomic E-state index is -0.106. The highest BCUT2D eigenvalue weighted by Gasteiger charge is 2.30. The number of benzene rings is 2. The zero-order chi connectivity index (χ0) is 14.4. The Labute approximate surface area is 123 Å². The molecule has 4 rings (SSSR count). The van der Waals surface area contributed by atoms with E-state index in [1.165, 1.54) is 22.3 Å². The Hall–Kier alpha value is -2.46. The first-order valence-corrected chi connectivity index (χ1v) is 7.11. The lowest BCUT2D eigenvalue weighted by atomic mass is 10.1. The van der Waals surface area contributed by atoms with E-state index in [0.29, 0.717) is 0 Å². The SMILES string of the molecule is CC(N)c1cn(C2c3ccccc3-c3ccccc32)nn1. The Bertz CT molecular complexity index is 758. The molecule has 0 amide bonds. The maximum absolute atomic E-state index is 5.90. The summed E-state index contributed by atoms with van der Waals surface area (Å²) in [5.74, 6) is 0. The second-order valence-electron chi connectivity index (χ2n) is 5.49. The fraction of sp³-hybridized carbons (Fsp3) is 0.176. The summed E-state index contributed by atoms with van der Waals surface area (Å²) in [5, 5.41) is 8.50. The predicted molar refractivity (Wildman–Crippen MR) is 81.7 cm³/mol. The van der Waals surface area contributed by atoms with Crippen LogP contribution in [0.1, 0.15) is 35.8 Å². The zero-order valence-electron chi connectivity index (χ0n) is 11.8. The molecule has 1 aromatic heterocycles. The molecule has 0 fully saturated rings. The summed E-state index contributed by atoms with van der Waals surface area (Å²) < 4.78 is 1.92. The van der Waals surface area contributed by atoms with Crippen LogP contribution in [-0.4, -0.2) is 15.0 Å². The first-order valence-electron chi connectivity index (χ1n) is 7.11. The normalized spacial score (nSPS) is 14.8. The van der Waals surface area contributed by atoms with Crippen molar-refractivity contribution in [2.75, 3.05) is 0 Å². The molecular weight excluding hydrogens is 260 g/mol. The van der Waals surface area contributed by atoms with Crippen LogP contribution >= 0.6 is 0 Å². The molecule has 1 aliphatic carbocycles. The molecule has 2 N–H and O–H groups in total. The Morgan fingerprint density at radius 1 is 1.00 bits per heavy atom. The van der Waals surface area contributed by atoms with Crippen LogP contribution in [0.4, 0.5) is 0 Å². The highest BCUT2D eigenvalue weighted by atomic mass is 15.4. The average molecular weight is 276 g/mol. The van der Waals surface area contributed by atoms with Gasteiger partial charge in [0.1, 0.15) is 6.04 Å². The molecule has 1 unspecified atom stereocenters. The third-order valence-electron chi connectivity index (χ3n) is 4.06. The fourth-order valence-electron chi connectivity index (χ4n) is 3.04. The van der Waals surface area contributed by atoms with Gasteiger partial charge in [-0.3, -0.25) is 0 Å². The largest absolute Gasteiger partial charge is 0.323 e. The number of nitrogens with zero attached hydrogens (tertiary/aromatic N) is 3. The van der Waals surface area contributed by atoms with Crippen molar-refractivity contribution in [1.82, 2.24) is 15.0 Å². The number of nitrogens with two attached hydrogens (primary N) is 1. The first-order chi connectivity index (χ1) is 10.3. The third kappa shape index (κ3) is 1.80. The Kier molecular flexibility index (Phi) is 2.65. The molecule has 0 aliphatic heterocycles. The van der Waals surface area contributed by atoms with Crippen molar-refractivity contribution < 1.29 is 0 Å². The number of rotatable bonds is 2. The molecule has 0 radical (unpaired) electrons. The van der Waals surface area contributed by atoms with E-state index in [-0.39, 0.29) is 12.1 Å². The van der Waals surface area contributed by atoms with Crippen LogP contribution in [0.25, 0.3) is 11.1 Å². The van der Waals surface area contributed by atoms with Gasteiger partial charge in [-0.15, -0.1) is 5.10 Å². The minimum Gasteiger partial charge on any atom is -0.323 e. The molecule has 4 heteroatoms. The predicted octanol–water partition coefficient (Wildman–Crippen LogP) is 2.92. The van der Waals surface area contributed by atoms with Crippen molar-refractivity contribution in [2.45, 2.75) is 19.0 Å². The summed E-state index contributed by atoms with van der Waals surface area (Å²) in [6, 6.07) is 16.9. The second kappa shape index (κ2) is 4.53. The van der Waals surface area contributed by atoms with Gasteiger partial charge in [0.2, 0.25) is 0 Å². The molecule has 4 nitrogen and oxygen atoms in total. The number of hydrogen-bond acceptors (Lipinski definition) is 3. The molecule has 0 saturated heterocycles. The highest BCUT2D eigenvalue weighted by Crippen LogP contribution is 2.44. The van der Waals surface area contributed by atoms with Crippen molar-refractivity contribution in [3.8, 4) is 11.1 Å². The molecule has 3 aromatic rings. The van der Waals surface area contributed by atoms with Crippen molar-refractivity contribution in [3.63, 3.8) is 0 Å². The third-order valence-corrected chi connectivity index (χ3v) is 4.06.